The normalized spacial score (nSPS) is 10.8. The van der Waals surface area contributed by atoms with Gasteiger partial charge in [0.05, 0.1) is 19.1 Å². The predicted molar refractivity (Wildman–Crippen MR) is 108 cm³/mol. The van der Waals surface area contributed by atoms with E-state index in [1.54, 1.807) is 18.2 Å². The van der Waals surface area contributed by atoms with E-state index in [0.717, 1.165) is 12.8 Å². The van der Waals surface area contributed by atoms with E-state index in [1.807, 2.05) is 0 Å². The van der Waals surface area contributed by atoms with Gasteiger partial charge in [0.1, 0.15) is 11.3 Å². The van der Waals surface area contributed by atoms with E-state index in [-0.39, 0.29) is 17.1 Å². The average Bonchev–Trinajstić information content (AvgIpc) is 2.66. The molecule has 0 amide bonds. The molecule has 1 aromatic heterocycles. The first-order chi connectivity index (χ1) is 13.6. The maximum absolute atomic E-state index is 12.1. The van der Waals surface area contributed by atoms with Gasteiger partial charge in [0.2, 0.25) is 5.75 Å². The third-order valence-corrected chi connectivity index (χ3v) is 4.51. The number of benzene rings is 1. The lowest BCUT2D eigenvalue weighted by atomic mass is 10.1. The van der Waals surface area contributed by atoms with Gasteiger partial charge in [-0.1, -0.05) is 51.9 Å². The summed E-state index contributed by atoms with van der Waals surface area (Å²) in [6, 6.07) is 5.09. The van der Waals surface area contributed by atoms with Crippen LogP contribution in [0.5, 0.6) is 17.2 Å². The second kappa shape index (κ2) is 11.4. The van der Waals surface area contributed by atoms with Gasteiger partial charge < -0.3 is 18.6 Å². The molecule has 154 valence electrons. The number of carbonyl (C=O) groups excluding carboxylic acids is 1. The summed E-state index contributed by atoms with van der Waals surface area (Å²) < 4.78 is 21.3. The fourth-order valence-corrected chi connectivity index (χ4v) is 3.07. The Morgan fingerprint density at radius 1 is 1.00 bits per heavy atom. The molecule has 0 N–H and O–H groups in total. The van der Waals surface area contributed by atoms with E-state index >= 15 is 0 Å². The highest BCUT2D eigenvalue weighted by Gasteiger charge is 2.19. The van der Waals surface area contributed by atoms with Gasteiger partial charge in [-0.15, -0.1) is 0 Å². The Balaban J connectivity index is 1.95. The van der Waals surface area contributed by atoms with Gasteiger partial charge in [-0.2, -0.15) is 0 Å². The Bertz CT molecular complexity index is 824. The Hall–Kier alpha value is -2.50. The minimum Gasteiger partial charge on any atom is -0.493 e. The summed E-state index contributed by atoms with van der Waals surface area (Å²) in [5, 5.41) is 0.478. The molecule has 2 rings (SSSR count). The first kappa shape index (κ1) is 21.8. The van der Waals surface area contributed by atoms with Crippen molar-refractivity contribution in [2.75, 3.05) is 13.7 Å². The third kappa shape index (κ3) is 6.29. The van der Waals surface area contributed by atoms with Crippen LogP contribution >= 0.6 is 0 Å². The van der Waals surface area contributed by atoms with Crippen molar-refractivity contribution in [2.24, 2.45) is 0 Å². The van der Waals surface area contributed by atoms with E-state index in [9.17, 15) is 9.59 Å². The summed E-state index contributed by atoms with van der Waals surface area (Å²) in [7, 11) is 1.33. The summed E-state index contributed by atoms with van der Waals surface area (Å²) in [4.78, 5) is 23.4. The Morgan fingerprint density at radius 3 is 2.32 bits per heavy atom. The van der Waals surface area contributed by atoms with E-state index in [2.05, 4.69) is 6.92 Å². The molecule has 0 radical (unpaired) electrons. The topological polar surface area (TPSA) is 75.0 Å². The second-order valence-electron chi connectivity index (χ2n) is 6.83. The highest BCUT2D eigenvalue weighted by Crippen LogP contribution is 2.34. The lowest BCUT2D eigenvalue weighted by molar-refractivity contribution is -0.131. The lowest BCUT2D eigenvalue weighted by Crippen LogP contribution is -2.10. The van der Waals surface area contributed by atoms with Crippen LogP contribution in [0, 0.1) is 0 Å². The highest BCUT2D eigenvalue weighted by atomic mass is 16.6. The van der Waals surface area contributed by atoms with Crippen molar-refractivity contribution < 1.29 is 23.4 Å². The summed E-state index contributed by atoms with van der Waals surface area (Å²) in [5.74, 6) is 0.00364. The summed E-state index contributed by atoms with van der Waals surface area (Å²) >= 11 is 0. The van der Waals surface area contributed by atoms with Crippen LogP contribution in [0.25, 0.3) is 11.0 Å². The molecule has 0 saturated heterocycles. The molecule has 2 aromatic rings. The van der Waals surface area contributed by atoms with Crippen LogP contribution in [0.15, 0.2) is 27.4 Å². The average molecular weight is 390 g/mol. The number of unbranched alkanes of at least 4 members (excludes halogenated alkanes) is 7. The molecule has 6 heteroatoms. The number of carbonyl (C=O) groups is 1. The van der Waals surface area contributed by atoms with E-state index in [0.29, 0.717) is 17.7 Å². The summed E-state index contributed by atoms with van der Waals surface area (Å²) in [6.45, 7) is 4.10. The lowest BCUT2D eigenvalue weighted by Gasteiger charge is -2.11. The zero-order chi connectivity index (χ0) is 20.4. The number of rotatable bonds is 12. The van der Waals surface area contributed by atoms with E-state index < -0.39 is 11.6 Å². The first-order valence-electron chi connectivity index (χ1n) is 10.0. The fraction of sp³-hybridized carbons (Fsp3) is 0.545. The van der Waals surface area contributed by atoms with Crippen LogP contribution in [-0.2, 0) is 4.79 Å². The van der Waals surface area contributed by atoms with Crippen molar-refractivity contribution in [2.45, 2.75) is 65.2 Å². The van der Waals surface area contributed by atoms with Gasteiger partial charge in [-0.25, -0.2) is 4.79 Å². The maximum Gasteiger partial charge on any atom is 0.383 e. The standard InChI is InChI=1S/C22H30O6/c1-4-5-6-7-8-9-10-11-14-26-17-12-13-18-19(15-17)28-22(24)21(25-3)20(18)27-16(2)23/h12-13,15H,4-11,14H2,1-3H3. The number of hydrogen-bond donors (Lipinski definition) is 0. The molecule has 1 aromatic carbocycles. The van der Waals surface area contributed by atoms with Crippen molar-refractivity contribution in [1.29, 1.82) is 0 Å². The molecule has 0 aliphatic heterocycles. The third-order valence-electron chi connectivity index (χ3n) is 4.51. The number of esters is 1. The van der Waals surface area contributed by atoms with Crippen molar-refractivity contribution in [1.82, 2.24) is 0 Å². The Morgan fingerprint density at radius 2 is 1.68 bits per heavy atom. The largest absolute Gasteiger partial charge is 0.493 e. The van der Waals surface area contributed by atoms with Gasteiger partial charge >= 0.3 is 11.6 Å². The SMILES string of the molecule is CCCCCCCCCCOc1ccc2c(OC(C)=O)c(OC)c(=O)oc2c1. The molecular weight excluding hydrogens is 360 g/mol. The van der Waals surface area contributed by atoms with Gasteiger partial charge in [0, 0.05) is 13.0 Å². The van der Waals surface area contributed by atoms with E-state index in [4.69, 9.17) is 18.6 Å². The minimum atomic E-state index is -0.702. The maximum atomic E-state index is 12.1. The Labute approximate surface area is 165 Å². The number of fused-ring (bicyclic) bond motifs is 1. The van der Waals surface area contributed by atoms with Crippen molar-refractivity contribution >= 4 is 16.9 Å². The summed E-state index contributed by atoms with van der Waals surface area (Å²) in [5.41, 5.74) is -0.415. The molecule has 0 saturated carbocycles. The number of methoxy groups -OCH3 is 1. The van der Waals surface area contributed by atoms with E-state index in [1.165, 1.54) is 52.6 Å². The van der Waals surface area contributed by atoms with Gasteiger partial charge in [0.25, 0.3) is 0 Å². The minimum absolute atomic E-state index is 0.0656. The molecule has 0 bridgehead atoms. The molecule has 0 aliphatic carbocycles. The quantitative estimate of drug-likeness (QED) is 0.280. The zero-order valence-electron chi connectivity index (χ0n) is 17.0. The van der Waals surface area contributed by atoms with Crippen LogP contribution in [0.2, 0.25) is 0 Å². The molecule has 0 fully saturated rings. The zero-order valence-corrected chi connectivity index (χ0v) is 17.0. The molecule has 0 spiro atoms. The van der Waals surface area contributed by atoms with Crippen LogP contribution in [0.4, 0.5) is 0 Å². The Kier molecular flexibility index (Phi) is 8.85. The molecule has 0 atom stereocenters. The van der Waals surface area contributed by atoms with Crippen molar-refractivity contribution in [3.8, 4) is 17.2 Å². The fourth-order valence-electron chi connectivity index (χ4n) is 3.07. The molecule has 0 aliphatic rings. The molecule has 0 unspecified atom stereocenters. The number of hydrogen-bond acceptors (Lipinski definition) is 6. The predicted octanol–water partition coefficient (Wildman–Crippen LogP) is 5.25. The molecule has 1 heterocycles. The van der Waals surface area contributed by atoms with Crippen LogP contribution < -0.4 is 19.8 Å². The van der Waals surface area contributed by atoms with Gasteiger partial charge in [-0.05, 0) is 18.6 Å². The smallest absolute Gasteiger partial charge is 0.383 e. The van der Waals surface area contributed by atoms with Crippen molar-refractivity contribution in [3.05, 3.63) is 28.6 Å². The molecular formula is C22H30O6. The first-order valence-corrected chi connectivity index (χ1v) is 10.0. The second-order valence-corrected chi connectivity index (χ2v) is 6.83. The van der Waals surface area contributed by atoms with Gasteiger partial charge in [0.15, 0.2) is 5.75 Å². The van der Waals surface area contributed by atoms with Crippen LogP contribution in [0.3, 0.4) is 0 Å². The van der Waals surface area contributed by atoms with Crippen LogP contribution in [-0.4, -0.2) is 19.7 Å². The highest BCUT2D eigenvalue weighted by molar-refractivity contribution is 5.89. The van der Waals surface area contributed by atoms with Crippen LogP contribution in [0.1, 0.15) is 65.2 Å². The monoisotopic (exact) mass is 390 g/mol. The number of ether oxygens (including phenoxy) is 3. The van der Waals surface area contributed by atoms with Gasteiger partial charge in [-0.3, -0.25) is 4.79 Å². The molecule has 28 heavy (non-hydrogen) atoms. The summed E-state index contributed by atoms with van der Waals surface area (Å²) in [6.07, 6.45) is 9.87. The van der Waals surface area contributed by atoms with Crippen molar-refractivity contribution in [3.63, 3.8) is 0 Å². The molecule has 6 nitrogen and oxygen atoms in total.